The van der Waals surface area contributed by atoms with Crippen LogP contribution in [-0.2, 0) is 0 Å². The molecular formula is C16H16N2OS. The van der Waals surface area contributed by atoms with Gasteiger partial charge in [0.1, 0.15) is 0 Å². The van der Waals surface area contributed by atoms with Gasteiger partial charge in [-0.3, -0.25) is 10.1 Å². The molecule has 0 aliphatic rings. The van der Waals surface area contributed by atoms with Crippen molar-refractivity contribution in [3.05, 3.63) is 65.7 Å². The van der Waals surface area contributed by atoms with Crippen LogP contribution in [-0.4, -0.2) is 18.1 Å². The number of thiocarbonyl (C=S) groups is 1. The van der Waals surface area contributed by atoms with Gasteiger partial charge in [0.2, 0.25) is 0 Å². The molecule has 0 radical (unpaired) electrons. The van der Waals surface area contributed by atoms with Gasteiger partial charge in [0.25, 0.3) is 5.91 Å². The fraction of sp³-hybridized carbons (Fsp3) is 0.125. The zero-order valence-electron chi connectivity index (χ0n) is 11.5. The molecule has 0 atom stereocenters. The SMILES string of the molecule is Cc1ccccc1C(=O)NC(=S)N(C)c1ccccc1. The average Bonchev–Trinajstić information content (AvgIpc) is 2.47. The summed E-state index contributed by atoms with van der Waals surface area (Å²) >= 11 is 5.27. The van der Waals surface area contributed by atoms with Crippen molar-refractivity contribution >= 4 is 28.9 Å². The molecule has 102 valence electrons. The number of anilines is 1. The fourth-order valence-electron chi connectivity index (χ4n) is 1.84. The smallest absolute Gasteiger partial charge is 0.257 e. The number of nitrogens with zero attached hydrogens (tertiary/aromatic N) is 1. The Kier molecular flexibility index (Phi) is 4.48. The predicted molar refractivity (Wildman–Crippen MR) is 86.1 cm³/mol. The number of hydrogen-bond acceptors (Lipinski definition) is 2. The molecule has 4 heteroatoms. The van der Waals surface area contributed by atoms with E-state index < -0.39 is 0 Å². The molecule has 0 unspecified atom stereocenters. The van der Waals surface area contributed by atoms with E-state index in [1.54, 1.807) is 11.0 Å². The quantitative estimate of drug-likeness (QED) is 0.860. The van der Waals surface area contributed by atoms with Crippen LogP contribution in [0.3, 0.4) is 0 Å². The second-order valence-electron chi connectivity index (χ2n) is 4.47. The molecule has 0 saturated heterocycles. The lowest BCUT2D eigenvalue weighted by Gasteiger charge is -2.20. The Morgan fingerprint density at radius 3 is 2.30 bits per heavy atom. The van der Waals surface area contributed by atoms with Gasteiger partial charge in [-0.2, -0.15) is 0 Å². The van der Waals surface area contributed by atoms with Crippen molar-refractivity contribution in [3.8, 4) is 0 Å². The number of nitrogens with one attached hydrogen (secondary N) is 1. The van der Waals surface area contributed by atoms with Crippen molar-refractivity contribution in [2.24, 2.45) is 0 Å². The zero-order valence-corrected chi connectivity index (χ0v) is 12.3. The third-order valence-electron chi connectivity index (χ3n) is 3.06. The van der Waals surface area contributed by atoms with Crippen LogP contribution in [0.4, 0.5) is 5.69 Å². The van der Waals surface area contributed by atoms with Gasteiger partial charge in [0, 0.05) is 18.3 Å². The maximum atomic E-state index is 12.2. The van der Waals surface area contributed by atoms with Gasteiger partial charge >= 0.3 is 0 Å². The number of aryl methyl sites for hydroxylation is 1. The normalized spacial score (nSPS) is 9.90. The molecule has 0 fully saturated rings. The lowest BCUT2D eigenvalue weighted by molar-refractivity contribution is 0.0976. The largest absolute Gasteiger partial charge is 0.322 e. The van der Waals surface area contributed by atoms with Crippen LogP contribution in [0.1, 0.15) is 15.9 Å². The lowest BCUT2D eigenvalue weighted by Crippen LogP contribution is -2.40. The van der Waals surface area contributed by atoms with E-state index in [9.17, 15) is 4.79 Å². The molecular weight excluding hydrogens is 268 g/mol. The fourth-order valence-corrected chi connectivity index (χ4v) is 2.04. The van der Waals surface area contributed by atoms with Crippen LogP contribution < -0.4 is 10.2 Å². The molecule has 2 aromatic rings. The minimum Gasteiger partial charge on any atom is -0.322 e. The highest BCUT2D eigenvalue weighted by Crippen LogP contribution is 2.12. The number of para-hydroxylation sites is 1. The van der Waals surface area contributed by atoms with E-state index in [4.69, 9.17) is 12.2 Å². The average molecular weight is 284 g/mol. The van der Waals surface area contributed by atoms with Gasteiger partial charge in [-0.15, -0.1) is 0 Å². The van der Waals surface area contributed by atoms with Gasteiger partial charge in [-0.25, -0.2) is 0 Å². The summed E-state index contributed by atoms with van der Waals surface area (Å²) in [4.78, 5) is 14.0. The van der Waals surface area contributed by atoms with Crippen molar-refractivity contribution in [3.63, 3.8) is 0 Å². The van der Waals surface area contributed by atoms with Crippen molar-refractivity contribution in [1.82, 2.24) is 5.32 Å². The van der Waals surface area contributed by atoms with Gasteiger partial charge in [-0.05, 0) is 42.9 Å². The van der Waals surface area contributed by atoms with Crippen LogP contribution >= 0.6 is 12.2 Å². The van der Waals surface area contributed by atoms with E-state index in [2.05, 4.69) is 5.32 Å². The molecule has 0 saturated carbocycles. The van der Waals surface area contributed by atoms with E-state index in [1.165, 1.54) is 0 Å². The third kappa shape index (κ3) is 3.22. The Balaban J connectivity index is 2.09. The first-order chi connectivity index (χ1) is 9.59. The van der Waals surface area contributed by atoms with E-state index in [-0.39, 0.29) is 5.91 Å². The van der Waals surface area contributed by atoms with Crippen molar-refractivity contribution in [2.75, 3.05) is 11.9 Å². The first-order valence-corrected chi connectivity index (χ1v) is 6.70. The Hall–Kier alpha value is -2.20. The summed E-state index contributed by atoms with van der Waals surface area (Å²) in [5.41, 5.74) is 2.49. The first kappa shape index (κ1) is 14.2. The zero-order chi connectivity index (χ0) is 14.5. The Morgan fingerprint density at radius 2 is 1.65 bits per heavy atom. The summed E-state index contributed by atoms with van der Waals surface area (Å²) in [6.07, 6.45) is 0. The van der Waals surface area contributed by atoms with E-state index >= 15 is 0 Å². The second-order valence-corrected chi connectivity index (χ2v) is 4.86. The summed E-state index contributed by atoms with van der Waals surface area (Å²) in [6, 6.07) is 17.1. The molecule has 0 bridgehead atoms. The Bertz CT molecular complexity index is 625. The minimum absolute atomic E-state index is 0.184. The maximum Gasteiger partial charge on any atom is 0.257 e. The first-order valence-electron chi connectivity index (χ1n) is 6.29. The van der Waals surface area contributed by atoms with Crippen LogP contribution in [0.15, 0.2) is 54.6 Å². The van der Waals surface area contributed by atoms with Gasteiger partial charge in [0.05, 0.1) is 0 Å². The van der Waals surface area contributed by atoms with Crippen molar-refractivity contribution in [2.45, 2.75) is 6.92 Å². The molecule has 1 N–H and O–H groups in total. The Morgan fingerprint density at radius 1 is 1.05 bits per heavy atom. The summed E-state index contributed by atoms with van der Waals surface area (Å²) in [7, 11) is 1.83. The van der Waals surface area contributed by atoms with Gasteiger partial charge in [0.15, 0.2) is 5.11 Å². The highest BCUT2D eigenvalue weighted by Gasteiger charge is 2.13. The van der Waals surface area contributed by atoms with Crippen LogP contribution in [0.2, 0.25) is 0 Å². The minimum atomic E-state index is -0.184. The molecule has 0 spiro atoms. The molecule has 2 rings (SSSR count). The molecule has 3 nitrogen and oxygen atoms in total. The number of benzene rings is 2. The molecule has 0 aromatic heterocycles. The molecule has 0 aliphatic heterocycles. The molecule has 0 aliphatic carbocycles. The maximum absolute atomic E-state index is 12.2. The molecule has 2 aromatic carbocycles. The third-order valence-corrected chi connectivity index (χ3v) is 3.43. The predicted octanol–water partition coefficient (Wildman–Crippen LogP) is 3.15. The van der Waals surface area contributed by atoms with E-state index in [0.29, 0.717) is 10.7 Å². The van der Waals surface area contributed by atoms with E-state index in [0.717, 1.165) is 11.3 Å². The topological polar surface area (TPSA) is 32.3 Å². The summed E-state index contributed by atoms with van der Waals surface area (Å²) in [6.45, 7) is 1.90. The van der Waals surface area contributed by atoms with E-state index in [1.807, 2.05) is 62.5 Å². The monoisotopic (exact) mass is 284 g/mol. The molecule has 20 heavy (non-hydrogen) atoms. The van der Waals surface area contributed by atoms with Crippen LogP contribution in [0, 0.1) is 6.92 Å². The second kappa shape index (κ2) is 6.30. The standard InChI is InChI=1S/C16H16N2OS/c1-12-8-6-7-11-14(12)15(19)17-16(20)18(2)13-9-4-3-5-10-13/h3-11H,1-2H3,(H,17,19,20). The van der Waals surface area contributed by atoms with Crippen molar-refractivity contribution in [1.29, 1.82) is 0 Å². The summed E-state index contributed by atoms with van der Waals surface area (Å²) < 4.78 is 0. The number of rotatable bonds is 2. The number of carbonyl (C=O) groups is 1. The summed E-state index contributed by atoms with van der Waals surface area (Å²) in [5, 5.41) is 3.13. The van der Waals surface area contributed by atoms with Gasteiger partial charge < -0.3 is 4.90 Å². The van der Waals surface area contributed by atoms with Crippen molar-refractivity contribution < 1.29 is 4.79 Å². The lowest BCUT2D eigenvalue weighted by atomic mass is 10.1. The number of hydrogen-bond donors (Lipinski definition) is 1. The van der Waals surface area contributed by atoms with Gasteiger partial charge in [-0.1, -0.05) is 36.4 Å². The van der Waals surface area contributed by atoms with Crippen LogP contribution in [0.25, 0.3) is 0 Å². The molecule has 1 amide bonds. The highest BCUT2D eigenvalue weighted by molar-refractivity contribution is 7.80. The Labute approximate surface area is 124 Å². The number of carbonyl (C=O) groups excluding carboxylic acids is 1. The molecule has 0 heterocycles. The summed E-state index contributed by atoms with van der Waals surface area (Å²) in [5.74, 6) is -0.184. The number of amides is 1. The van der Waals surface area contributed by atoms with Crippen LogP contribution in [0.5, 0.6) is 0 Å². The highest BCUT2D eigenvalue weighted by atomic mass is 32.1.